The molecule has 1 aromatic carbocycles. The highest BCUT2D eigenvalue weighted by Crippen LogP contribution is 2.32. The Balaban J connectivity index is 2.26. The van der Waals surface area contributed by atoms with Gasteiger partial charge in [-0.2, -0.15) is 0 Å². The second kappa shape index (κ2) is 5.29. The second-order valence-electron chi connectivity index (χ2n) is 4.14. The molecule has 4 nitrogen and oxygen atoms in total. The van der Waals surface area contributed by atoms with Crippen LogP contribution >= 0.6 is 11.3 Å². The van der Waals surface area contributed by atoms with Crippen LogP contribution in [0.4, 0.5) is 5.69 Å². The Morgan fingerprint density at radius 1 is 1.28 bits per heavy atom. The normalized spacial score (nSPS) is 12.3. The van der Waals surface area contributed by atoms with E-state index < -0.39 is 0 Å². The first-order chi connectivity index (χ1) is 8.61. The number of rotatable bonds is 4. The molecule has 0 spiro atoms. The lowest BCUT2D eigenvalue weighted by atomic mass is 10.1. The topological polar surface area (TPSA) is 69.2 Å². The summed E-state index contributed by atoms with van der Waals surface area (Å²) in [7, 11) is 0. The highest BCUT2D eigenvalue weighted by Gasteiger charge is 2.09. The maximum Gasteiger partial charge on any atom is 0.269 e. The van der Waals surface area contributed by atoms with E-state index in [0.29, 0.717) is 12.5 Å². The molecule has 2 N–H and O–H groups in total. The molecule has 0 aliphatic rings. The van der Waals surface area contributed by atoms with Crippen LogP contribution in [0, 0.1) is 10.1 Å². The third-order valence-electron chi connectivity index (χ3n) is 2.83. The number of benzene rings is 1. The van der Waals surface area contributed by atoms with E-state index in [9.17, 15) is 10.1 Å². The molecule has 1 aromatic heterocycles. The first-order valence-electron chi connectivity index (χ1n) is 5.66. The second-order valence-corrected chi connectivity index (χ2v) is 5.26. The Bertz CT molecular complexity index is 548. The number of nitrogens with zero attached hydrogens (tertiary/aromatic N) is 1. The SMILES string of the molecule is CC(CN)c1ccc(-c2ccc([N+](=O)[O-])cc2)s1. The van der Waals surface area contributed by atoms with E-state index >= 15 is 0 Å². The minimum atomic E-state index is -0.389. The first-order valence-corrected chi connectivity index (χ1v) is 6.48. The largest absolute Gasteiger partial charge is 0.330 e. The van der Waals surface area contributed by atoms with Crippen LogP contribution in [0.3, 0.4) is 0 Å². The molecule has 0 saturated heterocycles. The number of nitro groups is 1. The standard InChI is InChI=1S/C13H14N2O2S/c1-9(8-14)12-6-7-13(18-12)10-2-4-11(5-3-10)15(16)17/h2-7,9H,8,14H2,1H3. The zero-order chi connectivity index (χ0) is 13.1. The Morgan fingerprint density at radius 3 is 2.50 bits per heavy atom. The third kappa shape index (κ3) is 2.57. The highest BCUT2D eigenvalue weighted by molar-refractivity contribution is 7.15. The van der Waals surface area contributed by atoms with Crippen LogP contribution in [0.1, 0.15) is 17.7 Å². The molecule has 0 radical (unpaired) electrons. The van der Waals surface area contributed by atoms with Crippen molar-refractivity contribution in [2.24, 2.45) is 5.73 Å². The van der Waals surface area contributed by atoms with Crippen molar-refractivity contribution in [3.8, 4) is 10.4 Å². The fourth-order valence-electron chi connectivity index (χ4n) is 1.64. The van der Waals surface area contributed by atoms with E-state index in [4.69, 9.17) is 5.73 Å². The van der Waals surface area contributed by atoms with Crippen LogP contribution in [0.25, 0.3) is 10.4 Å². The fraction of sp³-hybridized carbons (Fsp3) is 0.231. The molecule has 94 valence electrons. The van der Waals surface area contributed by atoms with Crippen LogP contribution in [0.2, 0.25) is 0 Å². The predicted molar refractivity (Wildman–Crippen MR) is 73.9 cm³/mol. The van der Waals surface area contributed by atoms with E-state index in [-0.39, 0.29) is 10.6 Å². The molecule has 0 saturated carbocycles. The minimum Gasteiger partial charge on any atom is -0.330 e. The van der Waals surface area contributed by atoms with Gasteiger partial charge in [0.2, 0.25) is 0 Å². The van der Waals surface area contributed by atoms with Crippen molar-refractivity contribution in [2.45, 2.75) is 12.8 Å². The maximum absolute atomic E-state index is 10.6. The minimum absolute atomic E-state index is 0.117. The summed E-state index contributed by atoms with van der Waals surface area (Å²) in [6, 6.07) is 10.7. The van der Waals surface area contributed by atoms with Crippen molar-refractivity contribution in [1.82, 2.24) is 0 Å². The summed E-state index contributed by atoms with van der Waals surface area (Å²) in [5.41, 5.74) is 6.75. The van der Waals surface area contributed by atoms with Crippen molar-refractivity contribution in [2.75, 3.05) is 6.54 Å². The van der Waals surface area contributed by atoms with Gasteiger partial charge in [0.25, 0.3) is 5.69 Å². The maximum atomic E-state index is 10.6. The van der Waals surface area contributed by atoms with Crippen molar-refractivity contribution < 1.29 is 4.92 Å². The van der Waals surface area contributed by atoms with E-state index in [1.165, 1.54) is 17.0 Å². The number of thiophene rings is 1. The number of non-ortho nitro benzene ring substituents is 1. The lowest BCUT2D eigenvalue weighted by Gasteiger charge is -2.03. The Kier molecular flexibility index (Phi) is 3.74. The van der Waals surface area contributed by atoms with Gasteiger partial charge < -0.3 is 5.73 Å². The van der Waals surface area contributed by atoms with Gasteiger partial charge in [-0.15, -0.1) is 11.3 Å². The molecule has 2 rings (SSSR count). The smallest absolute Gasteiger partial charge is 0.269 e. The molecule has 1 atom stereocenters. The molecule has 0 aliphatic carbocycles. The average molecular weight is 262 g/mol. The van der Waals surface area contributed by atoms with Gasteiger partial charge in [-0.3, -0.25) is 10.1 Å². The van der Waals surface area contributed by atoms with Crippen LogP contribution in [-0.2, 0) is 0 Å². The summed E-state index contributed by atoms with van der Waals surface area (Å²) >= 11 is 1.68. The van der Waals surface area contributed by atoms with E-state index in [0.717, 1.165) is 10.4 Å². The number of nitro benzene ring substituents is 1. The average Bonchev–Trinajstić information content (AvgIpc) is 2.87. The number of hydrogen-bond acceptors (Lipinski definition) is 4. The molecular formula is C13H14N2O2S. The summed E-state index contributed by atoms with van der Waals surface area (Å²) in [4.78, 5) is 12.5. The van der Waals surface area contributed by atoms with Gasteiger partial charge >= 0.3 is 0 Å². The Hall–Kier alpha value is -1.72. The van der Waals surface area contributed by atoms with Crippen LogP contribution in [0.5, 0.6) is 0 Å². The van der Waals surface area contributed by atoms with Gasteiger partial charge in [0.05, 0.1) is 4.92 Å². The van der Waals surface area contributed by atoms with Gasteiger partial charge in [0.1, 0.15) is 0 Å². The first kappa shape index (κ1) is 12.7. The zero-order valence-corrected chi connectivity index (χ0v) is 10.8. The molecule has 0 bridgehead atoms. The summed E-state index contributed by atoms with van der Waals surface area (Å²) in [5.74, 6) is 0.349. The third-order valence-corrected chi connectivity index (χ3v) is 4.19. The van der Waals surface area contributed by atoms with Gasteiger partial charge in [-0.25, -0.2) is 0 Å². The molecule has 2 aromatic rings. The monoisotopic (exact) mass is 262 g/mol. The Labute approximate surface area is 109 Å². The van der Waals surface area contributed by atoms with Gasteiger partial charge in [0.15, 0.2) is 0 Å². The number of hydrogen-bond donors (Lipinski definition) is 1. The zero-order valence-electron chi connectivity index (χ0n) is 10.00. The van der Waals surface area contributed by atoms with Crippen molar-refractivity contribution in [1.29, 1.82) is 0 Å². The lowest BCUT2D eigenvalue weighted by Crippen LogP contribution is -2.06. The predicted octanol–water partition coefficient (Wildman–Crippen LogP) is 3.39. The summed E-state index contributed by atoms with van der Waals surface area (Å²) < 4.78 is 0. The van der Waals surface area contributed by atoms with Gasteiger partial charge in [-0.05, 0) is 36.4 Å². The number of nitrogens with two attached hydrogens (primary N) is 1. The fourth-order valence-corrected chi connectivity index (χ4v) is 2.71. The molecule has 1 heterocycles. The van der Waals surface area contributed by atoms with Crippen LogP contribution < -0.4 is 5.73 Å². The molecule has 0 amide bonds. The van der Waals surface area contributed by atoms with Crippen molar-refractivity contribution >= 4 is 17.0 Å². The summed E-state index contributed by atoms with van der Waals surface area (Å²) in [6.07, 6.45) is 0. The van der Waals surface area contributed by atoms with E-state index in [1.807, 2.05) is 6.07 Å². The molecule has 0 fully saturated rings. The van der Waals surface area contributed by atoms with Gasteiger partial charge in [0, 0.05) is 27.8 Å². The molecule has 5 heteroatoms. The van der Waals surface area contributed by atoms with E-state index in [1.54, 1.807) is 23.5 Å². The molecule has 18 heavy (non-hydrogen) atoms. The summed E-state index contributed by atoms with van der Waals surface area (Å²) in [6.45, 7) is 2.71. The van der Waals surface area contributed by atoms with Crippen molar-refractivity contribution in [3.63, 3.8) is 0 Å². The Morgan fingerprint density at radius 2 is 1.94 bits per heavy atom. The molecule has 1 unspecified atom stereocenters. The van der Waals surface area contributed by atoms with Crippen LogP contribution in [-0.4, -0.2) is 11.5 Å². The molecule has 0 aliphatic heterocycles. The van der Waals surface area contributed by atoms with Crippen LogP contribution in [0.15, 0.2) is 36.4 Å². The quantitative estimate of drug-likeness (QED) is 0.678. The van der Waals surface area contributed by atoms with Crippen molar-refractivity contribution in [3.05, 3.63) is 51.4 Å². The summed E-state index contributed by atoms with van der Waals surface area (Å²) in [5, 5.41) is 10.6. The molecular weight excluding hydrogens is 248 g/mol. The lowest BCUT2D eigenvalue weighted by molar-refractivity contribution is -0.384. The van der Waals surface area contributed by atoms with E-state index in [2.05, 4.69) is 13.0 Å². The highest BCUT2D eigenvalue weighted by atomic mass is 32.1. The van der Waals surface area contributed by atoms with Gasteiger partial charge in [-0.1, -0.05) is 6.92 Å².